The van der Waals surface area contributed by atoms with Crippen LogP contribution in [0.3, 0.4) is 0 Å². The summed E-state index contributed by atoms with van der Waals surface area (Å²) in [7, 11) is 3.28. The molecule has 0 bridgehead atoms. The van der Waals surface area contributed by atoms with Gasteiger partial charge in [-0.3, -0.25) is 4.90 Å². The molecular weight excluding hydrogens is 358 g/mol. The molecule has 1 aliphatic heterocycles. The van der Waals surface area contributed by atoms with Crippen LogP contribution in [0.5, 0.6) is 17.2 Å². The molecule has 0 amide bonds. The van der Waals surface area contributed by atoms with Crippen LogP contribution < -0.4 is 15.1 Å². The van der Waals surface area contributed by atoms with Crippen LogP contribution in [0.4, 0.5) is 0 Å². The lowest BCUT2D eigenvalue weighted by Crippen LogP contribution is -2.30. The van der Waals surface area contributed by atoms with Crippen molar-refractivity contribution < 1.29 is 19.0 Å². The first-order chi connectivity index (χ1) is 13.5. The summed E-state index contributed by atoms with van der Waals surface area (Å²) in [6, 6.07) is 9.07. The second-order valence-electron chi connectivity index (χ2n) is 7.11. The van der Waals surface area contributed by atoms with E-state index in [2.05, 4.69) is 4.90 Å². The molecule has 3 aromatic rings. The number of hydrogen-bond donors (Lipinski definition) is 1. The number of benzene rings is 2. The molecule has 0 atom stereocenters. The number of methoxy groups -OCH3 is 2. The van der Waals surface area contributed by atoms with E-state index in [0.717, 1.165) is 42.0 Å². The summed E-state index contributed by atoms with van der Waals surface area (Å²) in [5, 5.41) is 10.8. The standard InChI is InChI=1S/C22H23NO5/c1-13-18(24)5-4-17-16(10-21(25)28-22(13)17)12-23-7-6-14-8-19(26-2)20(27-3)9-15(14)11-23/h4-5,8-10,24H,6-7,11-12H2,1-3H3. The van der Waals surface area contributed by atoms with Crippen LogP contribution in [0.2, 0.25) is 0 Å². The van der Waals surface area contributed by atoms with Crippen molar-refractivity contribution in [1.82, 2.24) is 4.90 Å². The molecule has 146 valence electrons. The quantitative estimate of drug-likeness (QED) is 0.699. The third-order valence-electron chi connectivity index (χ3n) is 5.41. The van der Waals surface area contributed by atoms with Gasteiger partial charge < -0.3 is 19.0 Å². The predicted octanol–water partition coefficient (Wildman–Crippen LogP) is 3.38. The van der Waals surface area contributed by atoms with Crippen LogP contribution in [-0.4, -0.2) is 30.8 Å². The molecule has 0 radical (unpaired) electrons. The van der Waals surface area contributed by atoms with E-state index in [-0.39, 0.29) is 5.75 Å². The number of fused-ring (bicyclic) bond motifs is 2. The number of phenolic OH excluding ortho intramolecular Hbond substituents is 1. The Hall–Kier alpha value is -2.99. The zero-order valence-electron chi connectivity index (χ0n) is 16.2. The Kier molecular flexibility index (Phi) is 4.73. The van der Waals surface area contributed by atoms with Crippen molar-refractivity contribution in [2.24, 2.45) is 0 Å². The fourth-order valence-corrected chi connectivity index (χ4v) is 3.86. The molecule has 2 heterocycles. The second-order valence-corrected chi connectivity index (χ2v) is 7.11. The summed E-state index contributed by atoms with van der Waals surface area (Å²) in [6.07, 6.45) is 0.898. The van der Waals surface area contributed by atoms with Crippen LogP contribution >= 0.6 is 0 Å². The zero-order chi connectivity index (χ0) is 19.8. The van der Waals surface area contributed by atoms with E-state index in [1.807, 2.05) is 18.2 Å². The number of aryl methyl sites for hydroxylation is 1. The summed E-state index contributed by atoms with van der Waals surface area (Å²) in [6.45, 7) is 4.01. The van der Waals surface area contributed by atoms with E-state index in [4.69, 9.17) is 13.9 Å². The molecule has 28 heavy (non-hydrogen) atoms. The van der Waals surface area contributed by atoms with Gasteiger partial charge in [0, 0.05) is 36.7 Å². The van der Waals surface area contributed by atoms with Gasteiger partial charge in [-0.05, 0) is 54.3 Å². The van der Waals surface area contributed by atoms with Crippen molar-refractivity contribution in [1.29, 1.82) is 0 Å². The zero-order valence-corrected chi connectivity index (χ0v) is 16.2. The maximum atomic E-state index is 12.1. The van der Waals surface area contributed by atoms with Crippen LogP contribution in [0, 0.1) is 6.92 Å². The fraction of sp³-hybridized carbons (Fsp3) is 0.318. The Balaban J connectivity index is 1.67. The SMILES string of the molecule is COc1cc2c(cc1OC)CN(Cc1cc(=O)oc3c(C)c(O)ccc13)CC2. The molecule has 0 saturated carbocycles. The van der Waals surface area contributed by atoms with E-state index in [0.29, 0.717) is 17.7 Å². The Labute approximate surface area is 162 Å². The van der Waals surface area contributed by atoms with Gasteiger partial charge in [0.15, 0.2) is 11.5 Å². The lowest BCUT2D eigenvalue weighted by atomic mass is 9.98. The summed E-state index contributed by atoms with van der Waals surface area (Å²) in [5.74, 6) is 1.59. The first-order valence-corrected chi connectivity index (χ1v) is 9.21. The maximum Gasteiger partial charge on any atom is 0.336 e. The summed E-state index contributed by atoms with van der Waals surface area (Å²) >= 11 is 0. The smallest absolute Gasteiger partial charge is 0.336 e. The molecule has 6 heteroatoms. The third kappa shape index (κ3) is 3.20. The Morgan fingerprint density at radius 1 is 1.11 bits per heavy atom. The van der Waals surface area contributed by atoms with Gasteiger partial charge in [0.1, 0.15) is 11.3 Å². The highest BCUT2D eigenvalue weighted by Gasteiger charge is 2.21. The first kappa shape index (κ1) is 18.4. The fourth-order valence-electron chi connectivity index (χ4n) is 3.86. The van der Waals surface area contributed by atoms with Gasteiger partial charge in [-0.15, -0.1) is 0 Å². The summed E-state index contributed by atoms with van der Waals surface area (Å²) in [5.41, 5.74) is 3.99. The largest absolute Gasteiger partial charge is 0.508 e. The van der Waals surface area contributed by atoms with Gasteiger partial charge >= 0.3 is 5.63 Å². The Morgan fingerprint density at radius 2 is 1.82 bits per heavy atom. The topological polar surface area (TPSA) is 72.1 Å². The van der Waals surface area contributed by atoms with Gasteiger partial charge in [-0.25, -0.2) is 4.79 Å². The lowest BCUT2D eigenvalue weighted by Gasteiger charge is -2.29. The van der Waals surface area contributed by atoms with Gasteiger partial charge in [0.05, 0.1) is 14.2 Å². The Morgan fingerprint density at radius 3 is 2.54 bits per heavy atom. The molecule has 4 rings (SSSR count). The van der Waals surface area contributed by atoms with Crippen molar-refractivity contribution >= 4 is 11.0 Å². The molecule has 2 aromatic carbocycles. The number of aromatic hydroxyl groups is 1. The van der Waals surface area contributed by atoms with Gasteiger partial charge in [0.2, 0.25) is 0 Å². The Bertz CT molecular complexity index is 1100. The van der Waals surface area contributed by atoms with E-state index in [9.17, 15) is 9.90 Å². The highest BCUT2D eigenvalue weighted by Crippen LogP contribution is 2.34. The van der Waals surface area contributed by atoms with Crippen LogP contribution in [0.25, 0.3) is 11.0 Å². The van der Waals surface area contributed by atoms with Crippen LogP contribution in [0.15, 0.2) is 39.5 Å². The second kappa shape index (κ2) is 7.20. The first-order valence-electron chi connectivity index (χ1n) is 9.21. The molecule has 1 aliphatic rings. The van der Waals surface area contributed by atoms with Gasteiger partial charge in [-0.2, -0.15) is 0 Å². The molecule has 6 nitrogen and oxygen atoms in total. The monoisotopic (exact) mass is 381 g/mol. The molecule has 1 aromatic heterocycles. The van der Waals surface area contributed by atoms with Crippen molar-refractivity contribution in [3.63, 3.8) is 0 Å². The maximum absolute atomic E-state index is 12.1. The molecule has 0 saturated heterocycles. The molecule has 0 spiro atoms. The number of hydrogen-bond acceptors (Lipinski definition) is 6. The van der Waals surface area contributed by atoms with Crippen LogP contribution in [-0.2, 0) is 19.5 Å². The average Bonchev–Trinajstić information content (AvgIpc) is 2.70. The van der Waals surface area contributed by atoms with Gasteiger partial charge in [0.25, 0.3) is 0 Å². The number of nitrogens with zero attached hydrogens (tertiary/aromatic N) is 1. The minimum atomic E-state index is -0.403. The average molecular weight is 381 g/mol. The molecule has 1 N–H and O–H groups in total. The molecule has 0 fully saturated rings. The van der Waals surface area contributed by atoms with Crippen molar-refractivity contribution in [3.05, 3.63) is 63.0 Å². The number of rotatable bonds is 4. The highest BCUT2D eigenvalue weighted by molar-refractivity contribution is 5.84. The predicted molar refractivity (Wildman–Crippen MR) is 106 cm³/mol. The van der Waals surface area contributed by atoms with E-state index >= 15 is 0 Å². The van der Waals surface area contributed by atoms with E-state index in [1.165, 1.54) is 11.1 Å². The van der Waals surface area contributed by atoms with Crippen molar-refractivity contribution in [2.45, 2.75) is 26.4 Å². The molecular formula is C22H23NO5. The number of ether oxygens (including phenoxy) is 2. The molecule has 0 unspecified atom stereocenters. The van der Waals surface area contributed by atoms with Gasteiger partial charge in [-0.1, -0.05) is 0 Å². The van der Waals surface area contributed by atoms with Crippen molar-refractivity contribution in [2.75, 3.05) is 20.8 Å². The summed E-state index contributed by atoms with van der Waals surface area (Å²) < 4.78 is 16.2. The minimum absolute atomic E-state index is 0.126. The summed E-state index contributed by atoms with van der Waals surface area (Å²) in [4.78, 5) is 14.4. The lowest BCUT2D eigenvalue weighted by molar-refractivity contribution is 0.244. The normalized spacial score (nSPS) is 14.1. The van der Waals surface area contributed by atoms with E-state index < -0.39 is 5.63 Å². The number of phenols is 1. The van der Waals surface area contributed by atoms with Crippen LogP contribution in [0.1, 0.15) is 22.3 Å². The van der Waals surface area contributed by atoms with Crippen molar-refractivity contribution in [3.8, 4) is 17.2 Å². The third-order valence-corrected chi connectivity index (χ3v) is 5.41. The highest BCUT2D eigenvalue weighted by atomic mass is 16.5. The molecule has 0 aliphatic carbocycles. The van der Waals surface area contributed by atoms with E-state index in [1.54, 1.807) is 33.3 Å². The minimum Gasteiger partial charge on any atom is -0.508 e.